The maximum absolute atomic E-state index is 11.8. The molecule has 17 heavy (non-hydrogen) atoms. The number of Topliss-reactive ketones (excluding diaryl/α,β-unsaturated/α-hetero) is 1. The van der Waals surface area contributed by atoms with Crippen LogP contribution in [0.2, 0.25) is 0 Å². The van der Waals surface area contributed by atoms with Gasteiger partial charge < -0.3 is 4.74 Å². The second-order valence-corrected chi connectivity index (χ2v) is 5.70. The minimum atomic E-state index is -0.442. The Morgan fingerprint density at radius 2 is 2.06 bits per heavy atom. The molecular formula is C13H14O3S. The van der Waals surface area contributed by atoms with E-state index in [1.54, 1.807) is 6.92 Å². The average Bonchev–Trinajstić information content (AvgIpc) is 2.73. The molecule has 4 heteroatoms. The highest BCUT2D eigenvalue weighted by molar-refractivity contribution is 8.18. The van der Waals surface area contributed by atoms with E-state index in [1.807, 2.05) is 30.3 Å². The fraction of sp³-hybridized carbons (Fsp3) is 0.308. The third-order valence-electron chi connectivity index (χ3n) is 2.52. The van der Waals surface area contributed by atoms with Crippen LogP contribution in [-0.2, 0) is 14.3 Å². The highest BCUT2D eigenvalue weighted by atomic mass is 32.2. The molecule has 3 nitrogen and oxygen atoms in total. The molecule has 0 saturated carbocycles. The number of hydrogen-bond acceptors (Lipinski definition) is 3. The van der Waals surface area contributed by atoms with Crippen molar-refractivity contribution in [3.05, 3.63) is 30.3 Å². The van der Waals surface area contributed by atoms with Crippen LogP contribution in [0, 0.1) is 0 Å². The van der Waals surface area contributed by atoms with Crippen LogP contribution in [0.3, 0.4) is 0 Å². The number of carbonyl (C=O) groups excluding carboxylic acids is 2. The van der Waals surface area contributed by atoms with Gasteiger partial charge in [0.05, 0.1) is 6.61 Å². The van der Waals surface area contributed by atoms with Crippen molar-refractivity contribution in [1.29, 1.82) is 0 Å². The van der Waals surface area contributed by atoms with Gasteiger partial charge >= 0.3 is 5.97 Å². The zero-order chi connectivity index (χ0) is 12.3. The van der Waals surface area contributed by atoms with Gasteiger partial charge in [0, 0.05) is 17.1 Å². The Kier molecular flexibility index (Phi) is 3.74. The Balaban J connectivity index is 2.41. The van der Waals surface area contributed by atoms with Gasteiger partial charge in [-0.15, -0.1) is 10.5 Å². The second kappa shape index (κ2) is 5.27. The molecule has 0 aliphatic carbocycles. The summed E-state index contributed by atoms with van der Waals surface area (Å²) < 4.78 is 4.96. The van der Waals surface area contributed by atoms with Gasteiger partial charge in [0.1, 0.15) is 4.86 Å². The Bertz CT molecular complexity index is 477. The SMILES string of the molecule is CCOC(=O)C1=S(c2ccccc2)CCC1=O. The van der Waals surface area contributed by atoms with Crippen molar-refractivity contribution in [3.8, 4) is 0 Å². The third kappa shape index (κ3) is 2.47. The van der Waals surface area contributed by atoms with Crippen molar-refractivity contribution in [2.75, 3.05) is 12.4 Å². The maximum atomic E-state index is 11.8. The van der Waals surface area contributed by atoms with Crippen molar-refractivity contribution in [3.63, 3.8) is 0 Å². The Morgan fingerprint density at radius 1 is 1.35 bits per heavy atom. The summed E-state index contributed by atoms with van der Waals surface area (Å²) in [6, 6.07) is 9.69. The van der Waals surface area contributed by atoms with E-state index >= 15 is 0 Å². The number of benzene rings is 1. The molecule has 1 aromatic rings. The van der Waals surface area contributed by atoms with Crippen LogP contribution in [0.15, 0.2) is 35.2 Å². The van der Waals surface area contributed by atoms with Crippen molar-refractivity contribution in [1.82, 2.24) is 0 Å². The number of carbonyl (C=O) groups is 2. The highest BCUT2D eigenvalue weighted by Crippen LogP contribution is 2.34. The lowest BCUT2D eigenvalue weighted by Gasteiger charge is -2.07. The summed E-state index contributed by atoms with van der Waals surface area (Å²) in [7, 11) is -0.398. The number of hydrogen-bond donors (Lipinski definition) is 0. The Morgan fingerprint density at radius 3 is 2.71 bits per heavy atom. The van der Waals surface area contributed by atoms with E-state index in [1.165, 1.54) is 0 Å². The number of rotatable bonds is 3. The zero-order valence-corrected chi connectivity index (χ0v) is 10.5. The van der Waals surface area contributed by atoms with Crippen LogP contribution in [0.5, 0.6) is 0 Å². The molecule has 0 N–H and O–H groups in total. The molecule has 0 amide bonds. The zero-order valence-electron chi connectivity index (χ0n) is 9.64. The predicted octanol–water partition coefficient (Wildman–Crippen LogP) is 2.02. The standard InChI is InChI=1S/C13H14O3S/c1-2-16-13(15)12-11(14)8-9-17(12)10-6-4-3-5-7-10/h3-7H,2,8-9H2,1H3. The molecule has 1 aliphatic heterocycles. The molecule has 1 aromatic carbocycles. The lowest BCUT2D eigenvalue weighted by Crippen LogP contribution is -2.22. The van der Waals surface area contributed by atoms with Crippen LogP contribution in [0.25, 0.3) is 0 Å². The highest BCUT2D eigenvalue weighted by Gasteiger charge is 2.29. The Labute approximate surface area is 103 Å². The van der Waals surface area contributed by atoms with Crippen molar-refractivity contribution in [2.24, 2.45) is 0 Å². The van der Waals surface area contributed by atoms with Gasteiger partial charge in [-0.2, -0.15) is 0 Å². The van der Waals surface area contributed by atoms with E-state index in [2.05, 4.69) is 0 Å². The summed E-state index contributed by atoms with van der Waals surface area (Å²) in [5, 5.41) is 0. The van der Waals surface area contributed by atoms with Crippen molar-refractivity contribution in [2.45, 2.75) is 18.2 Å². The second-order valence-electron chi connectivity index (χ2n) is 3.63. The topological polar surface area (TPSA) is 43.4 Å². The number of ether oxygens (including phenoxy) is 1. The van der Waals surface area contributed by atoms with Gasteiger partial charge in [0.15, 0.2) is 5.78 Å². The molecule has 1 unspecified atom stereocenters. The van der Waals surface area contributed by atoms with E-state index in [9.17, 15) is 9.59 Å². The molecule has 90 valence electrons. The summed E-state index contributed by atoms with van der Waals surface area (Å²) in [6.45, 7) is 2.06. The molecule has 0 bridgehead atoms. The van der Waals surface area contributed by atoms with Crippen LogP contribution in [-0.4, -0.2) is 29.0 Å². The third-order valence-corrected chi connectivity index (χ3v) is 4.86. The minimum Gasteiger partial charge on any atom is -0.462 e. The number of ketones is 1. The lowest BCUT2D eigenvalue weighted by molar-refractivity contribution is -0.135. The molecule has 1 atom stereocenters. The number of esters is 1. The van der Waals surface area contributed by atoms with Gasteiger partial charge in [-0.05, 0) is 19.1 Å². The van der Waals surface area contributed by atoms with Crippen LogP contribution < -0.4 is 0 Å². The fourth-order valence-corrected chi connectivity index (χ4v) is 3.97. The summed E-state index contributed by atoms with van der Waals surface area (Å²) in [4.78, 5) is 24.9. The predicted molar refractivity (Wildman–Crippen MR) is 68.4 cm³/mol. The largest absolute Gasteiger partial charge is 0.462 e. The Hall–Kier alpha value is -1.42. The molecule has 0 spiro atoms. The first-order valence-corrected chi connectivity index (χ1v) is 6.96. The normalized spacial score (nSPS) is 19.5. The first kappa shape index (κ1) is 12.0. The minimum absolute atomic E-state index is 0.0596. The van der Waals surface area contributed by atoms with Crippen LogP contribution in [0.4, 0.5) is 0 Å². The molecule has 0 aromatic heterocycles. The van der Waals surface area contributed by atoms with Gasteiger partial charge in [-0.3, -0.25) is 4.79 Å². The van der Waals surface area contributed by atoms with E-state index in [0.717, 1.165) is 10.6 Å². The molecule has 1 heterocycles. The molecule has 0 fully saturated rings. The molecule has 0 saturated heterocycles. The summed E-state index contributed by atoms with van der Waals surface area (Å²) in [5.41, 5.74) is 0. The lowest BCUT2D eigenvalue weighted by atomic mass is 10.2. The summed E-state index contributed by atoms with van der Waals surface area (Å²) in [5.74, 6) is 0.231. The van der Waals surface area contributed by atoms with E-state index in [-0.39, 0.29) is 5.78 Å². The van der Waals surface area contributed by atoms with Gasteiger partial charge in [-0.1, -0.05) is 18.2 Å². The van der Waals surface area contributed by atoms with Crippen molar-refractivity contribution >= 4 is 27.1 Å². The van der Waals surface area contributed by atoms with Crippen LogP contribution >= 0.6 is 10.5 Å². The monoisotopic (exact) mass is 250 g/mol. The molecule has 1 aliphatic rings. The average molecular weight is 250 g/mol. The van der Waals surface area contributed by atoms with E-state index < -0.39 is 16.5 Å². The molecular weight excluding hydrogens is 236 g/mol. The van der Waals surface area contributed by atoms with Gasteiger partial charge in [-0.25, -0.2) is 4.79 Å². The van der Waals surface area contributed by atoms with Gasteiger partial charge in [0.2, 0.25) is 0 Å². The van der Waals surface area contributed by atoms with E-state index in [0.29, 0.717) is 17.9 Å². The molecule has 2 rings (SSSR count). The van der Waals surface area contributed by atoms with Crippen molar-refractivity contribution < 1.29 is 14.3 Å². The first-order valence-electron chi connectivity index (χ1n) is 5.57. The quantitative estimate of drug-likeness (QED) is 0.609. The summed E-state index contributed by atoms with van der Waals surface area (Å²) >= 11 is 0. The maximum Gasteiger partial charge on any atom is 0.347 e. The fourth-order valence-electron chi connectivity index (χ4n) is 1.78. The first-order chi connectivity index (χ1) is 8.24. The van der Waals surface area contributed by atoms with E-state index in [4.69, 9.17) is 4.74 Å². The van der Waals surface area contributed by atoms with Gasteiger partial charge in [0.25, 0.3) is 0 Å². The summed E-state index contributed by atoms with van der Waals surface area (Å²) in [6.07, 6.45) is 0.451. The van der Waals surface area contributed by atoms with Crippen LogP contribution in [0.1, 0.15) is 13.3 Å². The molecule has 0 radical (unpaired) electrons. The smallest absolute Gasteiger partial charge is 0.347 e.